The average molecular weight is 176 g/mol. The third-order valence-electron chi connectivity index (χ3n) is 1.70. The molecule has 0 fully saturated rings. The van der Waals surface area contributed by atoms with E-state index in [1.165, 1.54) is 0 Å². The molecule has 0 aromatic heterocycles. The molecule has 1 aromatic carbocycles. The third kappa shape index (κ3) is 3.32. The van der Waals surface area contributed by atoms with Gasteiger partial charge in [-0.05, 0) is 23.6 Å². The highest BCUT2D eigenvalue weighted by molar-refractivity contribution is 5.48. The normalized spacial score (nSPS) is 10.1. The molecular formula is C12H16O. The summed E-state index contributed by atoms with van der Waals surface area (Å²) in [6.07, 6.45) is 1.83. The maximum Gasteiger partial charge on any atom is 0.119 e. The molecule has 0 saturated carbocycles. The SMILES string of the molecule is C=Cc1ccc(OCC(C)C)cc1. The Morgan fingerprint density at radius 1 is 1.31 bits per heavy atom. The van der Waals surface area contributed by atoms with Gasteiger partial charge in [-0.3, -0.25) is 0 Å². The van der Waals surface area contributed by atoms with Crippen LogP contribution in [0.25, 0.3) is 6.08 Å². The van der Waals surface area contributed by atoms with E-state index in [-0.39, 0.29) is 0 Å². The summed E-state index contributed by atoms with van der Waals surface area (Å²) in [6.45, 7) is 8.74. The first-order chi connectivity index (χ1) is 6.22. The van der Waals surface area contributed by atoms with Crippen molar-refractivity contribution in [1.82, 2.24) is 0 Å². The van der Waals surface area contributed by atoms with E-state index in [0.29, 0.717) is 5.92 Å². The van der Waals surface area contributed by atoms with Crippen LogP contribution in [0.2, 0.25) is 0 Å². The van der Waals surface area contributed by atoms with Crippen LogP contribution in [0.1, 0.15) is 19.4 Å². The molecule has 0 bridgehead atoms. The highest BCUT2D eigenvalue weighted by atomic mass is 16.5. The molecule has 1 aromatic rings. The van der Waals surface area contributed by atoms with E-state index in [1.54, 1.807) is 0 Å². The molecule has 0 radical (unpaired) electrons. The second kappa shape index (κ2) is 4.70. The summed E-state index contributed by atoms with van der Waals surface area (Å²) in [5.74, 6) is 1.50. The van der Waals surface area contributed by atoms with Crippen LogP contribution in [0.4, 0.5) is 0 Å². The van der Waals surface area contributed by atoms with Gasteiger partial charge in [-0.1, -0.05) is 38.6 Å². The Labute approximate surface area is 80.0 Å². The number of benzene rings is 1. The first-order valence-electron chi connectivity index (χ1n) is 4.57. The van der Waals surface area contributed by atoms with Gasteiger partial charge < -0.3 is 4.74 Å². The van der Waals surface area contributed by atoms with E-state index in [0.717, 1.165) is 17.9 Å². The van der Waals surface area contributed by atoms with Crippen molar-refractivity contribution in [2.24, 2.45) is 5.92 Å². The molecule has 0 unspecified atom stereocenters. The number of rotatable bonds is 4. The molecule has 0 aliphatic carbocycles. The topological polar surface area (TPSA) is 9.23 Å². The van der Waals surface area contributed by atoms with E-state index >= 15 is 0 Å². The van der Waals surface area contributed by atoms with Crippen LogP contribution in [-0.4, -0.2) is 6.61 Å². The minimum Gasteiger partial charge on any atom is -0.493 e. The Bertz CT molecular complexity index is 259. The van der Waals surface area contributed by atoms with Crippen LogP contribution < -0.4 is 4.74 Å². The molecule has 0 aliphatic rings. The molecule has 0 saturated heterocycles. The van der Waals surface area contributed by atoms with Crippen molar-refractivity contribution in [3.8, 4) is 5.75 Å². The minimum absolute atomic E-state index is 0.569. The van der Waals surface area contributed by atoms with E-state index in [4.69, 9.17) is 4.74 Å². The van der Waals surface area contributed by atoms with E-state index in [2.05, 4.69) is 20.4 Å². The lowest BCUT2D eigenvalue weighted by atomic mass is 10.2. The minimum atomic E-state index is 0.569. The maximum absolute atomic E-state index is 5.53. The summed E-state index contributed by atoms with van der Waals surface area (Å²) in [5.41, 5.74) is 1.12. The largest absolute Gasteiger partial charge is 0.493 e. The zero-order valence-electron chi connectivity index (χ0n) is 8.29. The van der Waals surface area contributed by atoms with Crippen molar-refractivity contribution in [3.63, 3.8) is 0 Å². The highest BCUT2D eigenvalue weighted by Gasteiger charge is 1.95. The maximum atomic E-state index is 5.53. The molecule has 1 heteroatoms. The van der Waals surface area contributed by atoms with Gasteiger partial charge in [-0.2, -0.15) is 0 Å². The molecule has 0 amide bonds. The fourth-order valence-electron chi connectivity index (χ4n) is 0.963. The molecule has 13 heavy (non-hydrogen) atoms. The Hall–Kier alpha value is -1.24. The molecular weight excluding hydrogens is 160 g/mol. The van der Waals surface area contributed by atoms with Crippen molar-refractivity contribution in [1.29, 1.82) is 0 Å². The Morgan fingerprint density at radius 3 is 2.38 bits per heavy atom. The smallest absolute Gasteiger partial charge is 0.119 e. The Kier molecular flexibility index (Phi) is 3.56. The molecule has 1 nitrogen and oxygen atoms in total. The molecule has 0 aliphatic heterocycles. The molecule has 0 N–H and O–H groups in total. The van der Waals surface area contributed by atoms with Gasteiger partial charge in [0.05, 0.1) is 6.61 Å². The van der Waals surface area contributed by atoms with Gasteiger partial charge in [0.1, 0.15) is 5.75 Å². The van der Waals surface area contributed by atoms with Crippen LogP contribution >= 0.6 is 0 Å². The summed E-state index contributed by atoms with van der Waals surface area (Å²) in [6, 6.07) is 7.95. The van der Waals surface area contributed by atoms with Crippen LogP contribution in [0.15, 0.2) is 30.8 Å². The van der Waals surface area contributed by atoms with Crippen molar-refractivity contribution >= 4 is 6.08 Å². The predicted molar refractivity (Wildman–Crippen MR) is 56.9 cm³/mol. The lowest BCUT2D eigenvalue weighted by Crippen LogP contribution is -2.04. The molecule has 0 spiro atoms. The third-order valence-corrected chi connectivity index (χ3v) is 1.70. The Balaban J connectivity index is 2.54. The van der Waals surface area contributed by atoms with Gasteiger partial charge in [0.2, 0.25) is 0 Å². The highest BCUT2D eigenvalue weighted by Crippen LogP contribution is 2.13. The van der Waals surface area contributed by atoms with Crippen LogP contribution in [0.5, 0.6) is 5.75 Å². The summed E-state index contributed by atoms with van der Waals surface area (Å²) in [7, 11) is 0. The fourth-order valence-corrected chi connectivity index (χ4v) is 0.963. The van der Waals surface area contributed by atoms with Crippen molar-refractivity contribution in [2.45, 2.75) is 13.8 Å². The van der Waals surface area contributed by atoms with Gasteiger partial charge in [0, 0.05) is 0 Å². The standard InChI is InChI=1S/C12H16O/c1-4-11-5-7-12(8-6-11)13-9-10(2)3/h4-8,10H,1,9H2,2-3H3. The zero-order chi connectivity index (χ0) is 9.68. The zero-order valence-corrected chi connectivity index (χ0v) is 8.29. The van der Waals surface area contributed by atoms with Crippen LogP contribution in [0, 0.1) is 5.92 Å². The van der Waals surface area contributed by atoms with Crippen LogP contribution in [-0.2, 0) is 0 Å². The predicted octanol–water partition coefficient (Wildman–Crippen LogP) is 3.36. The van der Waals surface area contributed by atoms with Gasteiger partial charge in [0.25, 0.3) is 0 Å². The fraction of sp³-hybridized carbons (Fsp3) is 0.333. The van der Waals surface area contributed by atoms with Gasteiger partial charge in [0.15, 0.2) is 0 Å². The quantitative estimate of drug-likeness (QED) is 0.683. The van der Waals surface area contributed by atoms with Crippen molar-refractivity contribution < 1.29 is 4.74 Å². The second-order valence-electron chi connectivity index (χ2n) is 3.48. The second-order valence-corrected chi connectivity index (χ2v) is 3.48. The Morgan fingerprint density at radius 2 is 1.92 bits per heavy atom. The van der Waals surface area contributed by atoms with E-state index < -0.39 is 0 Å². The molecule has 1 rings (SSSR count). The monoisotopic (exact) mass is 176 g/mol. The summed E-state index contributed by atoms with van der Waals surface area (Å²) < 4.78 is 5.53. The lowest BCUT2D eigenvalue weighted by Gasteiger charge is -2.08. The van der Waals surface area contributed by atoms with Gasteiger partial charge in [-0.25, -0.2) is 0 Å². The number of hydrogen-bond donors (Lipinski definition) is 0. The molecule has 0 atom stereocenters. The van der Waals surface area contributed by atoms with Gasteiger partial charge >= 0.3 is 0 Å². The first kappa shape index (κ1) is 9.85. The molecule has 0 heterocycles. The van der Waals surface area contributed by atoms with E-state index in [9.17, 15) is 0 Å². The van der Waals surface area contributed by atoms with Crippen molar-refractivity contribution in [3.05, 3.63) is 36.4 Å². The summed E-state index contributed by atoms with van der Waals surface area (Å²) in [5, 5.41) is 0. The number of hydrogen-bond acceptors (Lipinski definition) is 1. The summed E-state index contributed by atoms with van der Waals surface area (Å²) in [4.78, 5) is 0. The van der Waals surface area contributed by atoms with Crippen molar-refractivity contribution in [2.75, 3.05) is 6.61 Å². The van der Waals surface area contributed by atoms with E-state index in [1.807, 2.05) is 30.3 Å². The lowest BCUT2D eigenvalue weighted by molar-refractivity contribution is 0.271. The van der Waals surface area contributed by atoms with Crippen LogP contribution in [0.3, 0.4) is 0 Å². The number of ether oxygens (including phenoxy) is 1. The average Bonchev–Trinajstić information content (AvgIpc) is 2.15. The van der Waals surface area contributed by atoms with Gasteiger partial charge in [-0.15, -0.1) is 0 Å². The first-order valence-corrected chi connectivity index (χ1v) is 4.57. The molecule has 70 valence electrons. The summed E-state index contributed by atoms with van der Waals surface area (Å²) >= 11 is 0.